The molecule has 0 aliphatic rings. The maximum Gasteiger partial charge on any atom is 0.170 e. The predicted octanol–water partition coefficient (Wildman–Crippen LogP) is 6.76. The Labute approximate surface area is 286 Å². The summed E-state index contributed by atoms with van der Waals surface area (Å²) >= 11 is 0. The Morgan fingerprint density at radius 1 is 0.562 bits per heavy atom. The van der Waals surface area contributed by atoms with E-state index in [9.17, 15) is 17.4 Å². The molecule has 260 valence electrons. The van der Waals surface area contributed by atoms with Gasteiger partial charge in [-0.15, -0.1) is 0 Å². The molecule has 12 heteroatoms. The van der Waals surface area contributed by atoms with Crippen LogP contribution in [0.15, 0.2) is 117 Å². The molecule has 0 aliphatic carbocycles. The number of rotatable bonds is 19. The van der Waals surface area contributed by atoms with Crippen LogP contribution in [0, 0.1) is 5.82 Å². The van der Waals surface area contributed by atoms with E-state index in [0.29, 0.717) is 59.5 Å². The van der Waals surface area contributed by atoms with Crippen molar-refractivity contribution in [2.24, 2.45) is 0 Å². The van der Waals surface area contributed by atoms with Gasteiger partial charge in [0.2, 0.25) is 0 Å². The van der Waals surface area contributed by atoms with E-state index in [4.69, 9.17) is 28.4 Å². The maximum absolute atomic E-state index is 12.2. The lowest BCUT2D eigenvalue weighted by Gasteiger charge is -2.13. The molecule has 9 nitrogen and oxygen atoms in total. The molecule has 0 atom stereocenters. The molecule has 4 aromatic rings. The van der Waals surface area contributed by atoms with Crippen molar-refractivity contribution in [1.82, 2.24) is 0 Å². The van der Waals surface area contributed by atoms with Crippen LogP contribution in [0.2, 0.25) is 0 Å². The van der Waals surface area contributed by atoms with Crippen molar-refractivity contribution in [3.63, 3.8) is 0 Å². The van der Waals surface area contributed by atoms with Crippen molar-refractivity contribution in [1.29, 1.82) is 0 Å². The third-order valence-corrected chi connectivity index (χ3v) is 9.35. The van der Waals surface area contributed by atoms with E-state index in [1.54, 1.807) is 0 Å². The van der Waals surface area contributed by atoms with E-state index in [1.807, 2.05) is 57.2 Å². The number of halogens is 1. The van der Waals surface area contributed by atoms with Crippen LogP contribution >= 0.6 is 0 Å². The molecule has 0 aromatic heterocycles. The molecule has 0 spiro atoms. The molecule has 0 aliphatic heterocycles. The number of benzene rings is 4. The molecule has 4 rings (SSSR count). The van der Waals surface area contributed by atoms with Crippen LogP contribution in [0.5, 0.6) is 17.2 Å². The normalized spacial score (nSPS) is 11.1. The molecule has 0 unspecified atom stereocenters. The fourth-order valence-electron chi connectivity index (χ4n) is 4.17. The van der Waals surface area contributed by atoms with Crippen LogP contribution in [0.25, 0.3) is 0 Å². The molecule has 0 radical (unpaired) electrons. The van der Waals surface area contributed by atoms with Crippen LogP contribution in [0.4, 0.5) is 4.39 Å². The Bertz CT molecular complexity index is 1470. The lowest BCUT2D eigenvalue weighted by atomic mass is 10.3. The monoisotopic (exact) mass is 702 g/mol. The molecule has 0 saturated heterocycles. The SMILES string of the molecule is CCOCCOc1cccc([S+](c2cccc(OCCOCC)c2)c2cccc(OCCOCC)c2)c1.O=S(=O)([O-])c1ccc(F)cc1. The highest BCUT2D eigenvalue weighted by molar-refractivity contribution is 7.97. The lowest BCUT2D eigenvalue weighted by Crippen LogP contribution is -2.10. The summed E-state index contributed by atoms with van der Waals surface area (Å²) in [6.07, 6.45) is 0. The summed E-state index contributed by atoms with van der Waals surface area (Å²) < 4.78 is 77.2. The number of ether oxygens (including phenoxy) is 6. The first-order chi connectivity index (χ1) is 23.2. The Morgan fingerprint density at radius 2 is 0.917 bits per heavy atom. The van der Waals surface area contributed by atoms with Gasteiger partial charge in [-0.3, -0.25) is 0 Å². The van der Waals surface area contributed by atoms with E-state index in [2.05, 4.69) is 36.4 Å². The highest BCUT2D eigenvalue weighted by Gasteiger charge is 2.30. The van der Waals surface area contributed by atoms with Crippen molar-refractivity contribution in [3.05, 3.63) is 103 Å². The lowest BCUT2D eigenvalue weighted by molar-refractivity contribution is 0.110. The Kier molecular flexibility index (Phi) is 17.3. The smallest absolute Gasteiger partial charge is 0.170 e. The first-order valence-electron chi connectivity index (χ1n) is 15.6. The maximum atomic E-state index is 12.2. The third kappa shape index (κ3) is 13.8. The van der Waals surface area contributed by atoms with Crippen LogP contribution in [0.1, 0.15) is 20.8 Å². The average molecular weight is 703 g/mol. The van der Waals surface area contributed by atoms with Gasteiger partial charge in [0.1, 0.15) is 53.0 Å². The quantitative estimate of drug-likeness (QED) is 0.0595. The van der Waals surface area contributed by atoms with E-state index < -0.39 is 31.7 Å². The molecule has 0 fully saturated rings. The fraction of sp³-hybridized carbons (Fsp3) is 0.333. The first kappa shape index (κ1) is 38.8. The van der Waals surface area contributed by atoms with Crippen LogP contribution in [0.3, 0.4) is 0 Å². The third-order valence-electron chi connectivity index (χ3n) is 6.33. The molecule has 0 heterocycles. The number of hydrogen-bond donors (Lipinski definition) is 0. The largest absolute Gasteiger partial charge is 0.744 e. The standard InChI is InChI=1S/C30H39O6S.C6H5FO3S/c1-4-31-16-19-34-25-10-7-13-28(22-25)37(29-14-8-11-26(23-29)35-20-17-32-5-2)30-15-9-12-27(24-30)36-21-18-33-6-3;7-5-1-3-6(4-2-5)11(8,9)10/h7-15,22-24H,4-6,16-21H2,1-3H3;1-4H,(H,8,9,10)/q+1;/p-1. The topological polar surface area (TPSA) is 113 Å². The van der Waals surface area contributed by atoms with E-state index in [0.717, 1.165) is 56.2 Å². The second-order valence-electron chi connectivity index (χ2n) is 9.77. The van der Waals surface area contributed by atoms with E-state index in [-0.39, 0.29) is 0 Å². The summed E-state index contributed by atoms with van der Waals surface area (Å²) in [6.45, 7) is 11.2. The zero-order valence-electron chi connectivity index (χ0n) is 27.5. The molecule has 4 aromatic carbocycles. The number of hydrogen-bond acceptors (Lipinski definition) is 9. The summed E-state index contributed by atoms with van der Waals surface area (Å²) in [6, 6.07) is 28.5. The van der Waals surface area contributed by atoms with Gasteiger partial charge >= 0.3 is 0 Å². The molecule has 0 saturated carbocycles. The van der Waals surface area contributed by atoms with Gasteiger partial charge in [0.25, 0.3) is 0 Å². The van der Waals surface area contributed by atoms with Gasteiger partial charge in [0.15, 0.2) is 14.7 Å². The first-order valence-corrected chi connectivity index (χ1v) is 18.3. The van der Waals surface area contributed by atoms with Gasteiger partial charge in [0, 0.05) is 38.0 Å². The van der Waals surface area contributed by atoms with Crippen LogP contribution in [-0.4, -0.2) is 72.4 Å². The predicted molar refractivity (Wildman–Crippen MR) is 182 cm³/mol. The van der Waals surface area contributed by atoms with Crippen LogP contribution < -0.4 is 14.2 Å². The molecule has 0 bridgehead atoms. The minimum Gasteiger partial charge on any atom is -0.744 e. The van der Waals surface area contributed by atoms with Gasteiger partial charge in [-0.1, -0.05) is 18.2 Å². The highest BCUT2D eigenvalue weighted by Crippen LogP contribution is 2.35. The average Bonchev–Trinajstić information content (AvgIpc) is 3.08. The van der Waals surface area contributed by atoms with Gasteiger partial charge in [0.05, 0.1) is 35.6 Å². The summed E-state index contributed by atoms with van der Waals surface area (Å²) in [7, 11) is -4.84. The summed E-state index contributed by atoms with van der Waals surface area (Å²) in [5, 5.41) is 0. The molecular weight excluding hydrogens is 660 g/mol. The second-order valence-corrected chi connectivity index (χ2v) is 13.2. The zero-order valence-corrected chi connectivity index (χ0v) is 29.1. The summed E-state index contributed by atoms with van der Waals surface area (Å²) in [5.74, 6) is 1.89. The van der Waals surface area contributed by atoms with Gasteiger partial charge in [-0.05, 0) is 81.4 Å². The van der Waals surface area contributed by atoms with Crippen molar-refractivity contribution in [2.75, 3.05) is 59.5 Å². The van der Waals surface area contributed by atoms with E-state index >= 15 is 0 Å². The molecular formula is C36H43FO9S2. The molecule has 0 amide bonds. The van der Waals surface area contributed by atoms with Gasteiger partial charge in [-0.25, -0.2) is 12.8 Å². The van der Waals surface area contributed by atoms with Crippen molar-refractivity contribution in [2.45, 2.75) is 40.4 Å². The Morgan fingerprint density at radius 3 is 1.23 bits per heavy atom. The molecule has 0 N–H and O–H groups in total. The van der Waals surface area contributed by atoms with Gasteiger partial charge < -0.3 is 33.0 Å². The van der Waals surface area contributed by atoms with Crippen LogP contribution in [-0.2, 0) is 35.2 Å². The Balaban J connectivity index is 0.000000480. The Hall–Kier alpha value is -3.65. The minimum absolute atomic E-state index is 0.406. The van der Waals surface area contributed by atoms with Crippen molar-refractivity contribution < 1.29 is 45.8 Å². The second kappa shape index (κ2) is 21.3. The van der Waals surface area contributed by atoms with Gasteiger partial charge in [-0.2, -0.15) is 0 Å². The zero-order chi connectivity index (χ0) is 34.6. The van der Waals surface area contributed by atoms with E-state index in [1.165, 1.54) is 0 Å². The summed E-state index contributed by atoms with van der Waals surface area (Å²) in [4.78, 5) is 3.02. The minimum atomic E-state index is -4.44. The van der Waals surface area contributed by atoms with Crippen molar-refractivity contribution in [3.8, 4) is 17.2 Å². The fourth-order valence-corrected chi connectivity index (χ4v) is 6.80. The molecule has 48 heavy (non-hydrogen) atoms. The highest BCUT2D eigenvalue weighted by atomic mass is 32.2. The summed E-state index contributed by atoms with van der Waals surface area (Å²) in [5.41, 5.74) is 0. The van der Waals surface area contributed by atoms with Crippen molar-refractivity contribution >= 4 is 21.0 Å².